The largest absolute Gasteiger partial charge is 0.392 e. The molecule has 0 saturated heterocycles. The summed E-state index contributed by atoms with van der Waals surface area (Å²) in [5, 5.41) is 16.9. The predicted molar refractivity (Wildman–Crippen MR) is 63.5 cm³/mol. The van der Waals surface area contributed by atoms with E-state index >= 15 is 0 Å². The second kappa shape index (κ2) is 4.97. The first-order chi connectivity index (χ1) is 8.22. The number of aryl methyl sites for hydroxylation is 1. The van der Waals surface area contributed by atoms with Crippen LogP contribution < -0.4 is 4.90 Å². The van der Waals surface area contributed by atoms with Crippen LogP contribution in [0, 0.1) is 6.92 Å². The maximum atomic E-state index is 9.27. The number of aromatic nitrogens is 2. The van der Waals surface area contributed by atoms with Crippen molar-refractivity contribution >= 4 is 5.69 Å². The van der Waals surface area contributed by atoms with Crippen molar-refractivity contribution in [2.75, 3.05) is 11.9 Å². The number of para-hydroxylation sites is 1. The summed E-state index contributed by atoms with van der Waals surface area (Å²) in [6, 6.07) is 7.72. The van der Waals surface area contributed by atoms with Crippen LogP contribution in [0.5, 0.6) is 0 Å². The zero-order valence-electron chi connectivity index (χ0n) is 9.92. The quantitative estimate of drug-likeness (QED) is 0.867. The van der Waals surface area contributed by atoms with Crippen LogP contribution in [0.25, 0.3) is 0 Å². The molecule has 17 heavy (non-hydrogen) atoms. The van der Waals surface area contributed by atoms with E-state index in [0.717, 1.165) is 22.6 Å². The van der Waals surface area contributed by atoms with Gasteiger partial charge in [0.15, 0.2) is 0 Å². The Kier molecular flexibility index (Phi) is 3.39. The molecule has 0 aliphatic rings. The van der Waals surface area contributed by atoms with Gasteiger partial charge in [0, 0.05) is 18.3 Å². The van der Waals surface area contributed by atoms with E-state index in [1.165, 1.54) is 0 Å². The van der Waals surface area contributed by atoms with Gasteiger partial charge in [-0.15, -0.1) is 0 Å². The molecule has 0 unspecified atom stereocenters. The van der Waals surface area contributed by atoms with Gasteiger partial charge >= 0.3 is 0 Å². The minimum Gasteiger partial charge on any atom is -0.392 e. The Morgan fingerprint density at radius 1 is 1.29 bits per heavy atom. The fourth-order valence-corrected chi connectivity index (χ4v) is 1.72. The number of hydrogen-bond donors (Lipinski definition) is 1. The summed E-state index contributed by atoms with van der Waals surface area (Å²) in [6.45, 7) is 2.49. The van der Waals surface area contributed by atoms with Gasteiger partial charge in [-0.3, -0.25) is 0 Å². The van der Waals surface area contributed by atoms with E-state index < -0.39 is 0 Å². The number of hydrogen-bond acceptors (Lipinski definition) is 5. The molecule has 0 radical (unpaired) electrons. The molecule has 5 heteroatoms. The van der Waals surface area contributed by atoms with Crippen molar-refractivity contribution < 1.29 is 9.74 Å². The van der Waals surface area contributed by atoms with Crippen LogP contribution in [-0.2, 0) is 13.2 Å². The molecule has 0 spiro atoms. The fourth-order valence-electron chi connectivity index (χ4n) is 1.72. The van der Waals surface area contributed by atoms with E-state index in [4.69, 9.17) is 0 Å². The third kappa shape index (κ3) is 2.45. The van der Waals surface area contributed by atoms with E-state index in [1.807, 2.05) is 43.1 Å². The predicted octanol–water partition coefficient (Wildman–Crippen LogP) is 1.51. The minimum absolute atomic E-state index is 0.0244. The average Bonchev–Trinajstić information content (AvgIpc) is 2.75. The second-order valence-electron chi connectivity index (χ2n) is 3.94. The first-order valence-electron chi connectivity index (χ1n) is 5.40. The number of benzene rings is 1. The highest BCUT2D eigenvalue weighted by Gasteiger charge is 2.11. The number of aliphatic hydroxyl groups is 1. The number of aliphatic hydroxyl groups excluding tert-OH is 1. The maximum Gasteiger partial charge on any atom is 0.127 e. The van der Waals surface area contributed by atoms with Crippen molar-refractivity contribution in [1.29, 1.82) is 0 Å². The highest BCUT2D eigenvalue weighted by Crippen LogP contribution is 2.20. The van der Waals surface area contributed by atoms with Gasteiger partial charge in [-0.05, 0) is 13.0 Å². The summed E-state index contributed by atoms with van der Waals surface area (Å²) in [5.41, 5.74) is 3.47. The second-order valence-corrected chi connectivity index (χ2v) is 3.94. The Morgan fingerprint density at radius 3 is 2.71 bits per heavy atom. The lowest BCUT2D eigenvalue weighted by atomic mass is 10.1. The lowest BCUT2D eigenvalue weighted by molar-refractivity contribution is 0.282. The number of anilines is 1. The first kappa shape index (κ1) is 11.6. The molecule has 0 saturated carbocycles. The van der Waals surface area contributed by atoms with Crippen LogP contribution in [0.4, 0.5) is 5.69 Å². The highest BCUT2D eigenvalue weighted by molar-refractivity contribution is 5.52. The smallest absolute Gasteiger partial charge is 0.127 e. The zero-order chi connectivity index (χ0) is 12.3. The lowest BCUT2D eigenvalue weighted by Gasteiger charge is -2.20. The third-order valence-electron chi connectivity index (χ3n) is 2.71. The standard InChI is InChI=1S/C12H15N3O2/c1-9-11(14-17-13-9)7-15(2)12-6-4-3-5-10(12)8-16/h3-6,16H,7-8H2,1-2H3. The van der Waals surface area contributed by atoms with Crippen molar-refractivity contribution in [3.05, 3.63) is 41.2 Å². The Labute approximate surface area is 99.6 Å². The average molecular weight is 233 g/mol. The molecule has 0 atom stereocenters. The van der Waals surface area contributed by atoms with E-state index in [9.17, 15) is 5.11 Å². The van der Waals surface area contributed by atoms with Crippen LogP contribution in [0.15, 0.2) is 28.9 Å². The van der Waals surface area contributed by atoms with Gasteiger partial charge < -0.3 is 10.0 Å². The monoisotopic (exact) mass is 233 g/mol. The van der Waals surface area contributed by atoms with Crippen molar-refractivity contribution in [2.24, 2.45) is 0 Å². The molecule has 90 valence electrons. The Morgan fingerprint density at radius 2 is 2.06 bits per heavy atom. The van der Waals surface area contributed by atoms with Gasteiger partial charge in [0.1, 0.15) is 11.4 Å². The van der Waals surface area contributed by atoms with Gasteiger partial charge in [0.25, 0.3) is 0 Å². The summed E-state index contributed by atoms with van der Waals surface area (Å²) in [7, 11) is 1.95. The normalized spacial score (nSPS) is 10.5. The van der Waals surface area contributed by atoms with Crippen LogP contribution in [0.1, 0.15) is 17.0 Å². The van der Waals surface area contributed by atoms with Crippen molar-refractivity contribution in [2.45, 2.75) is 20.1 Å². The number of rotatable bonds is 4. The van der Waals surface area contributed by atoms with Crippen molar-refractivity contribution in [1.82, 2.24) is 10.3 Å². The molecule has 0 amide bonds. The minimum atomic E-state index is 0.0244. The van der Waals surface area contributed by atoms with E-state index in [-0.39, 0.29) is 6.61 Å². The van der Waals surface area contributed by atoms with Crippen LogP contribution >= 0.6 is 0 Å². The molecule has 0 bridgehead atoms. The highest BCUT2D eigenvalue weighted by atomic mass is 16.6. The molecule has 5 nitrogen and oxygen atoms in total. The summed E-state index contributed by atoms with van der Waals surface area (Å²) in [6.07, 6.45) is 0. The summed E-state index contributed by atoms with van der Waals surface area (Å²) >= 11 is 0. The van der Waals surface area contributed by atoms with Gasteiger partial charge in [0.2, 0.25) is 0 Å². The molecule has 0 aliphatic heterocycles. The molecule has 1 aromatic carbocycles. The zero-order valence-corrected chi connectivity index (χ0v) is 9.92. The van der Waals surface area contributed by atoms with Crippen molar-refractivity contribution in [3.63, 3.8) is 0 Å². The van der Waals surface area contributed by atoms with Gasteiger partial charge in [-0.2, -0.15) is 0 Å². The maximum absolute atomic E-state index is 9.27. The molecule has 2 aromatic rings. The molecule has 0 aliphatic carbocycles. The molecule has 1 heterocycles. The van der Waals surface area contributed by atoms with Crippen LogP contribution in [0.2, 0.25) is 0 Å². The van der Waals surface area contributed by atoms with Crippen molar-refractivity contribution in [3.8, 4) is 0 Å². The van der Waals surface area contributed by atoms with E-state index in [0.29, 0.717) is 6.54 Å². The van der Waals surface area contributed by atoms with Crippen LogP contribution in [-0.4, -0.2) is 22.5 Å². The van der Waals surface area contributed by atoms with Gasteiger partial charge in [-0.1, -0.05) is 28.5 Å². The molecular weight excluding hydrogens is 218 g/mol. The molecular formula is C12H15N3O2. The Hall–Kier alpha value is -1.88. The third-order valence-corrected chi connectivity index (χ3v) is 2.71. The van der Waals surface area contributed by atoms with Crippen LogP contribution in [0.3, 0.4) is 0 Å². The van der Waals surface area contributed by atoms with Gasteiger partial charge in [0.05, 0.1) is 13.2 Å². The summed E-state index contributed by atoms with van der Waals surface area (Å²) in [5.74, 6) is 0. The Balaban J connectivity index is 2.20. The summed E-state index contributed by atoms with van der Waals surface area (Å²) < 4.78 is 4.66. The molecule has 0 fully saturated rings. The Bertz CT molecular complexity index is 496. The molecule has 2 rings (SSSR count). The molecule has 1 aromatic heterocycles. The van der Waals surface area contributed by atoms with E-state index in [1.54, 1.807) is 0 Å². The van der Waals surface area contributed by atoms with E-state index in [2.05, 4.69) is 14.9 Å². The lowest BCUT2D eigenvalue weighted by Crippen LogP contribution is -2.18. The topological polar surface area (TPSA) is 62.4 Å². The van der Waals surface area contributed by atoms with Gasteiger partial charge in [-0.25, -0.2) is 4.63 Å². The number of nitrogens with zero attached hydrogens (tertiary/aromatic N) is 3. The molecule has 1 N–H and O–H groups in total. The SMILES string of the molecule is Cc1nonc1CN(C)c1ccccc1CO. The fraction of sp³-hybridized carbons (Fsp3) is 0.333. The first-order valence-corrected chi connectivity index (χ1v) is 5.40. The summed E-state index contributed by atoms with van der Waals surface area (Å²) in [4.78, 5) is 2.01.